The summed E-state index contributed by atoms with van der Waals surface area (Å²) in [7, 11) is 0. The molecule has 0 spiro atoms. The molecule has 0 saturated heterocycles. The molecule has 11 heteroatoms. The van der Waals surface area contributed by atoms with Crippen molar-refractivity contribution < 1.29 is 29.4 Å². The number of anilines is 2. The monoisotopic (exact) mass is 521 g/mol. The number of thiazole rings is 1. The highest BCUT2D eigenvalue weighted by molar-refractivity contribution is 8.00. The molecule has 182 valence electrons. The van der Waals surface area contributed by atoms with E-state index in [0.717, 1.165) is 27.9 Å². The van der Waals surface area contributed by atoms with Gasteiger partial charge in [-0.25, -0.2) is 14.6 Å². The summed E-state index contributed by atoms with van der Waals surface area (Å²) in [6, 6.07) is 15.9. The van der Waals surface area contributed by atoms with Gasteiger partial charge in [0.05, 0.1) is 32.7 Å². The highest BCUT2D eigenvalue weighted by Crippen LogP contribution is 2.27. The van der Waals surface area contributed by atoms with Crippen molar-refractivity contribution in [1.29, 1.82) is 0 Å². The lowest BCUT2D eigenvalue weighted by Gasteiger charge is -2.10. The molecule has 4 aromatic rings. The second-order valence-corrected chi connectivity index (χ2v) is 9.76. The molecule has 0 atom stereocenters. The standard InChI is InChI=1S/C25H19N3O6S2/c1-13-5-8-19-20(9-13)36-25(27-19)28-21(29)12-35-16-4-2-3-15(11-16)26-22(30)17-7-6-14(23(31)32)10-18(17)24(33)34/h2-11H,12H2,1H3,(H,26,30)(H,31,32)(H,33,34)(H,27,28,29). The third-order valence-corrected chi connectivity index (χ3v) is 6.92. The third-order valence-electron chi connectivity index (χ3n) is 4.99. The van der Waals surface area contributed by atoms with Gasteiger partial charge >= 0.3 is 11.9 Å². The van der Waals surface area contributed by atoms with Gasteiger partial charge in [-0.3, -0.25) is 9.59 Å². The molecule has 1 heterocycles. The largest absolute Gasteiger partial charge is 0.478 e. The van der Waals surface area contributed by atoms with Crippen molar-refractivity contribution in [2.75, 3.05) is 16.4 Å². The molecule has 0 unspecified atom stereocenters. The molecule has 0 bridgehead atoms. The first-order valence-electron chi connectivity index (χ1n) is 10.5. The van der Waals surface area contributed by atoms with Gasteiger partial charge in [-0.15, -0.1) is 11.8 Å². The average Bonchev–Trinajstić information content (AvgIpc) is 3.23. The van der Waals surface area contributed by atoms with Crippen molar-refractivity contribution in [3.05, 3.63) is 82.9 Å². The van der Waals surface area contributed by atoms with Crippen LogP contribution in [0.3, 0.4) is 0 Å². The van der Waals surface area contributed by atoms with Gasteiger partial charge in [-0.2, -0.15) is 0 Å². The molecule has 0 fully saturated rings. The van der Waals surface area contributed by atoms with Crippen LogP contribution in [0.5, 0.6) is 0 Å². The maximum atomic E-state index is 12.7. The number of rotatable bonds is 8. The fourth-order valence-electron chi connectivity index (χ4n) is 3.30. The fraction of sp³-hybridized carbons (Fsp3) is 0.0800. The van der Waals surface area contributed by atoms with Crippen LogP contribution in [0.4, 0.5) is 10.8 Å². The lowest BCUT2D eigenvalue weighted by molar-refractivity contribution is -0.113. The van der Waals surface area contributed by atoms with E-state index in [1.54, 1.807) is 24.3 Å². The van der Waals surface area contributed by atoms with Crippen LogP contribution in [-0.4, -0.2) is 44.7 Å². The summed E-state index contributed by atoms with van der Waals surface area (Å²) < 4.78 is 0.991. The summed E-state index contributed by atoms with van der Waals surface area (Å²) in [6.07, 6.45) is 0. The van der Waals surface area contributed by atoms with Crippen molar-refractivity contribution in [2.24, 2.45) is 0 Å². The number of amides is 2. The Morgan fingerprint density at radius 2 is 1.72 bits per heavy atom. The third kappa shape index (κ3) is 5.88. The Hall–Kier alpha value is -4.22. The van der Waals surface area contributed by atoms with E-state index in [2.05, 4.69) is 15.6 Å². The number of nitrogens with one attached hydrogen (secondary N) is 2. The molecule has 3 aromatic carbocycles. The fourth-order valence-corrected chi connectivity index (χ4v) is 5.04. The zero-order valence-electron chi connectivity index (χ0n) is 18.8. The number of aromatic nitrogens is 1. The Labute approximate surface area is 213 Å². The first-order chi connectivity index (χ1) is 17.2. The van der Waals surface area contributed by atoms with Crippen LogP contribution in [0.15, 0.2) is 65.6 Å². The van der Waals surface area contributed by atoms with Crippen molar-refractivity contribution in [3.63, 3.8) is 0 Å². The number of aromatic carboxylic acids is 2. The van der Waals surface area contributed by atoms with Gasteiger partial charge in [0.2, 0.25) is 5.91 Å². The summed E-state index contributed by atoms with van der Waals surface area (Å²) >= 11 is 2.66. The number of aryl methyl sites for hydroxylation is 1. The van der Waals surface area contributed by atoms with Crippen LogP contribution in [0.1, 0.15) is 36.6 Å². The number of carboxylic acids is 2. The Morgan fingerprint density at radius 1 is 0.917 bits per heavy atom. The number of nitrogens with zero attached hydrogens (tertiary/aromatic N) is 1. The number of benzene rings is 3. The van der Waals surface area contributed by atoms with Crippen molar-refractivity contribution in [1.82, 2.24) is 4.98 Å². The molecule has 0 aliphatic heterocycles. The van der Waals surface area contributed by atoms with E-state index in [4.69, 9.17) is 5.11 Å². The van der Waals surface area contributed by atoms with Crippen molar-refractivity contribution >= 4 is 67.9 Å². The van der Waals surface area contributed by atoms with Gasteiger partial charge in [0, 0.05) is 10.6 Å². The van der Waals surface area contributed by atoms with Crippen LogP contribution in [-0.2, 0) is 4.79 Å². The average molecular weight is 522 g/mol. The van der Waals surface area contributed by atoms with Crippen LogP contribution in [0.25, 0.3) is 10.2 Å². The topological polar surface area (TPSA) is 146 Å². The van der Waals surface area contributed by atoms with E-state index in [-0.39, 0.29) is 22.8 Å². The van der Waals surface area contributed by atoms with Gasteiger partial charge in [-0.1, -0.05) is 23.5 Å². The summed E-state index contributed by atoms with van der Waals surface area (Å²) in [5.74, 6) is -3.52. The van der Waals surface area contributed by atoms with E-state index < -0.39 is 23.4 Å². The molecule has 9 nitrogen and oxygen atoms in total. The number of thioether (sulfide) groups is 1. The minimum atomic E-state index is -1.41. The maximum Gasteiger partial charge on any atom is 0.336 e. The lowest BCUT2D eigenvalue weighted by Crippen LogP contribution is -2.17. The minimum absolute atomic E-state index is 0.117. The Kier molecular flexibility index (Phi) is 7.32. The van der Waals surface area contributed by atoms with Gasteiger partial charge in [0.1, 0.15) is 0 Å². The first-order valence-corrected chi connectivity index (χ1v) is 12.3. The number of fused-ring (bicyclic) bond motifs is 1. The van der Waals surface area contributed by atoms with Gasteiger partial charge < -0.3 is 20.8 Å². The van der Waals surface area contributed by atoms with Gasteiger partial charge in [0.15, 0.2) is 5.13 Å². The second-order valence-electron chi connectivity index (χ2n) is 7.68. The van der Waals surface area contributed by atoms with Crippen molar-refractivity contribution in [2.45, 2.75) is 11.8 Å². The minimum Gasteiger partial charge on any atom is -0.478 e. The lowest BCUT2D eigenvalue weighted by atomic mass is 10.0. The van der Waals surface area contributed by atoms with E-state index in [1.807, 2.05) is 25.1 Å². The van der Waals surface area contributed by atoms with E-state index >= 15 is 0 Å². The maximum absolute atomic E-state index is 12.7. The molecular weight excluding hydrogens is 502 g/mol. The van der Waals surface area contributed by atoms with Crippen LogP contribution in [0, 0.1) is 6.92 Å². The summed E-state index contributed by atoms with van der Waals surface area (Å²) in [5.41, 5.74) is 1.51. The van der Waals surface area contributed by atoms with Crippen LogP contribution < -0.4 is 10.6 Å². The summed E-state index contributed by atoms with van der Waals surface area (Å²) in [4.78, 5) is 52.9. The molecule has 2 amide bonds. The number of carbonyl (C=O) groups excluding carboxylic acids is 2. The molecule has 36 heavy (non-hydrogen) atoms. The first kappa shape index (κ1) is 24.9. The second kappa shape index (κ2) is 10.6. The van der Waals surface area contributed by atoms with E-state index in [1.165, 1.54) is 29.2 Å². The zero-order chi connectivity index (χ0) is 25.8. The molecule has 0 saturated carbocycles. The van der Waals surface area contributed by atoms with E-state index in [0.29, 0.717) is 15.7 Å². The molecular formula is C25H19N3O6S2. The molecule has 0 aliphatic rings. The van der Waals surface area contributed by atoms with Crippen LogP contribution >= 0.6 is 23.1 Å². The van der Waals surface area contributed by atoms with Gasteiger partial charge in [0.25, 0.3) is 5.91 Å². The molecule has 0 radical (unpaired) electrons. The molecule has 1 aromatic heterocycles. The highest BCUT2D eigenvalue weighted by Gasteiger charge is 2.19. The SMILES string of the molecule is Cc1ccc2nc(NC(=O)CSc3cccc(NC(=O)c4ccc(C(=O)O)cc4C(=O)O)c3)sc2c1. The highest BCUT2D eigenvalue weighted by atomic mass is 32.2. The summed E-state index contributed by atoms with van der Waals surface area (Å²) in [5, 5.41) is 24.4. The quantitative estimate of drug-likeness (QED) is 0.237. The zero-order valence-corrected chi connectivity index (χ0v) is 20.4. The molecule has 0 aliphatic carbocycles. The number of hydrogen-bond acceptors (Lipinski definition) is 7. The van der Waals surface area contributed by atoms with E-state index in [9.17, 15) is 24.3 Å². The number of carboxylic acid groups (broad SMARTS) is 2. The Balaban J connectivity index is 1.39. The molecule has 4 N–H and O–H groups in total. The molecule has 4 rings (SSSR count). The Bertz CT molecular complexity index is 1510. The normalized spacial score (nSPS) is 10.7. The number of carbonyl (C=O) groups is 4. The number of hydrogen-bond donors (Lipinski definition) is 4. The smallest absolute Gasteiger partial charge is 0.336 e. The predicted molar refractivity (Wildman–Crippen MR) is 138 cm³/mol. The van der Waals surface area contributed by atoms with Crippen molar-refractivity contribution in [3.8, 4) is 0 Å². The van der Waals surface area contributed by atoms with Gasteiger partial charge in [-0.05, 0) is 61.0 Å². The Morgan fingerprint density at radius 3 is 2.47 bits per heavy atom. The summed E-state index contributed by atoms with van der Waals surface area (Å²) in [6.45, 7) is 1.99. The predicted octanol–water partition coefficient (Wildman–Crippen LogP) is 4.98. The van der Waals surface area contributed by atoms with Crippen LogP contribution in [0.2, 0.25) is 0 Å².